The number of carbonyl (C=O) groups is 3. The number of aliphatic hydroxyl groups is 1. The number of benzene rings is 1. The number of esters is 1. The van der Waals surface area contributed by atoms with Crippen LogP contribution in [0.4, 0.5) is 4.79 Å². The number of urea groups is 1. The Kier molecular flexibility index (Phi) is 10.8. The second kappa shape index (κ2) is 12.8. The van der Waals surface area contributed by atoms with Crippen LogP contribution in [-0.2, 0) is 29.0 Å². The van der Waals surface area contributed by atoms with Crippen molar-refractivity contribution in [1.29, 1.82) is 0 Å². The lowest BCUT2D eigenvalue weighted by molar-refractivity contribution is -0.164. The van der Waals surface area contributed by atoms with Crippen LogP contribution in [0.3, 0.4) is 0 Å². The number of halogens is 1. The lowest BCUT2D eigenvalue weighted by atomic mass is 9.66. The first-order chi connectivity index (χ1) is 18.2. The number of nitrogens with one attached hydrogen (secondary N) is 2. The van der Waals surface area contributed by atoms with Gasteiger partial charge in [-0.25, -0.2) is 14.2 Å². The van der Waals surface area contributed by atoms with Crippen molar-refractivity contribution in [1.82, 2.24) is 15.5 Å². The molecule has 3 atom stereocenters. The summed E-state index contributed by atoms with van der Waals surface area (Å²) in [4.78, 5) is 57.7. The van der Waals surface area contributed by atoms with Gasteiger partial charge in [-0.05, 0) is 50.8 Å². The fourth-order valence-corrected chi connectivity index (χ4v) is 5.23. The SMILES string of the molecule is CC(OP(=O)(O)O)C(=O)OC(C)(C)CNC(=O)NC(C(=O)N1CC[C@](O)(c2ccc(Cl)cc2)C(C)(C)C1)C(C)C. The van der Waals surface area contributed by atoms with Crippen molar-refractivity contribution in [3.8, 4) is 0 Å². The Bertz CT molecular complexity index is 1120. The van der Waals surface area contributed by atoms with E-state index in [-0.39, 0.29) is 31.5 Å². The predicted molar refractivity (Wildman–Crippen MR) is 148 cm³/mol. The van der Waals surface area contributed by atoms with Crippen molar-refractivity contribution in [2.45, 2.75) is 78.2 Å². The number of hydrogen-bond donors (Lipinski definition) is 5. The monoisotopic (exact) mass is 605 g/mol. The maximum Gasteiger partial charge on any atom is 0.470 e. The minimum absolute atomic E-state index is 0.156. The van der Waals surface area contributed by atoms with E-state index in [1.54, 1.807) is 43.0 Å². The van der Waals surface area contributed by atoms with Crippen molar-refractivity contribution in [3.05, 3.63) is 34.9 Å². The van der Waals surface area contributed by atoms with Gasteiger partial charge in [0.1, 0.15) is 11.6 Å². The second-order valence-electron chi connectivity index (χ2n) is 11.7. The van der Waals surface area contributed by atoms with Gasteiger partial charge in [-0.3, -0.25) is 9.32 Å². The Balaban J connectivity index is 2.01. The molecule has 1 fully saturated rings. The van der Waals surface area contributed by atoms with E-state index in [0.29, 0.717) is 11.4 Å². The van der Waals surface area contributed by atoms with Gasteiger partial charge < -0.3 is 35.2 Å². The standard InChI is InChI=1S/C26H41ClN3O9P/c1-16(2)20(29-23(33)28-14-25(6,7)38-22(32)17(3)39-40(35,36)37)21(31)30-13-12-26(34,24(4,5)15-30)18-8-10-19(27)11-9-18/h8-11,16-17,20,34H,12-15H2,1-7H3,(H2,28,29,33)(H2,35,36,37)/t17?,20?,26-/m0/s1. The average molecular weight is 606 g/mol. The van der Waals surface area contributed by atoms with Crippen LogP contribution >= 0.6 is 19.4 Å². The largest absolute Gasteiger partial charge is 0.470 e. The number of carbonyl (C=O) groups excluding carboxylic acids is 3. The number of piperidine rings is 1. The van der Waals surface area contributed by atoms with Crippen LogP contribution in [-0.4, -0.2) is 75.1 Å². The van der Waals surface area contributed by atoms with Gasteiger partial charge in [0, 0.05) is 23.5 Å². The molecule has 0 aromatic heterocycles. The number of ether oxygens (including phenoxy) is 1. The van der Waals surface area contributed by atoms with Gasteiger partial charge in [-0.1, -0.05) is 51.4 Å². The number of phosphoric ester groups is 1. The van der Waals surface area contributed by atoms with Gasteiger partial charge in [0.15, 0.2) is 6.10 Å². The number of phosphoric acid groups is 1. The third-order valence-electron chi connectivity index (χ3n) is 6.98. The van der Waals surface area contributed by atoms with Gasteiger partial charge in [0.2, 0.25) is 5.91 Å². The maximum atomic E-state index is 13.5. The van der Waals surface area contributed by atoms with Crippen LogP contribution in [0.5, 0.6) is 0 Å². The third-order valence-corrected chi connectivity index (χ3v) is 7.82. The van der Waals surface area contributed by atoms with E-state index in [1.165, 1.54) is 13.8 Å². The average Bonchev–Trinajstić information content (AvgIpc) is 2.81. The molecular formula is C26H41ClN3O9P. The Morgan fingerprint density at radius 3 is 2.23 bits per heavy atom. The second-order valence-corrected chi connectivity index (χ2v) is 13.4. The van der Waals surface area contributed by atoms with Crippen LogP contribution < -0.4 is 10.6 Å². The Morgan fingerprint density at radius 2 is 1.73 bits per heavy atom. The minimum Gasteiger partial charge on any atom is -0.456 e. The normalized spacial score (nSPS) is 20.9. The number of rotatable bonds is 10. The summed E-state index contributed by atoms with van der Waals surface area (Å²) >= 11 is 6.01. The van der Waals surface area contributed by atoms with E-state index in [1.807, 2.05) is 13.8 Å². The number of hydrogen-bond acceptors (Lipinski definition) is 7. The van der Waals surface area contributed by atoms with E-state index in [4.69, 9.17) is 26.1 Å². The van der Waals surface area contributed by atoms with Gasteiger partial charge in [0.05, 0.1) is 12.1 Å². The molecule has 12 nitrogen and oxygen atoms in total. The highest BCUT2D eigenvalue weighted by Crippen LogP contribution is 2.46. The molecule has 1 aliphatic heterocycles. The van der Waals surface area contributed by atoms with E-state index >= 15 is 0 Å². The molecule has 0 spiro atoms. The van der Waals surface area contributed by atoms with Gasteiger partial charge in [-0.15, -0.1) is 0 Å². The Hall–Kier alpha value is -2.21. The van der Waals surface area contributed by atoms with Crippen molar-refractivity contribution in [2.75, 3.05) is 19.6 Å². The summed E-state index contributed by atoms with van der Waals surface area (Å²) in [6, 6.07) is 5.49. The van der Waals surface area contributed by atoms with Crippen molar-refractivity contribution in [3.63, 3.8) is 0 Å². The van der Waals surface area contributed by atoms with E-state index in [0.717, 1.165) is 12.5 Å². The molecule has 0 radical (unpaired) electrons. The molecule has 2 rings (SSSR count). The zero-order chi connectivity index (χ0) is 30.7. The summed E-state index contributed by atoms with van der Waals surface area (Å²) in [6.07, 6.45) is -1.23. The molecule has 0 saturated carbocycles. The lowest BCUT2D eigenvalue weighted by Crippen LogP contribution is -2.61. The van der Waals surface area contributed by atoms with E-state index in [9.17, 15) is 24.1 Å². The summed E-state index contributed by atoms with van der Waals surface area (Å²) in [5, 5.41) is 17.4. The first-order valence-corrected chi connectivity index (χ1v) is 14.9. The molecule has 1 aromatic rings. The van der Waals surface area contributed by atoms with E-state index in [2.05, 4.69) is 15.2 Å². The van der Waals surface area contributed by atoms with Crippen LogP contribution in [0, 0.1) is 11.3 Å². The number of nitrogens with zero attached hydrogens (tertiary/aromatic N) is 1. The zero-order valence-corrected chi connectivity index (χ0v) is 25.6. The molecule has 3 amide bonds. The van der Waals surface area contributed by atoms with Gasteiger partial charge in [0.25, 0.3) is 0 Å². The molecule has 226 valence electrons. The fraction of sp³-hybridized carbons (Fsp3) is 0.654. The van der Waals surface area contributed by atoms with Crippen LogP contribution in [0.2, 0.25) is 5.02 Å². The first kappa shape index (κ1) is 34.0. The van der Waals surface area contributed by atoms with Crippen LogP contribution in [0.25, 0.3) is 0 Å². The van der Waals surface area contributed by atoms with Gasteiger partial charge >= 0.3 is 19.8 Å². The predicted octanol–water partition coefficient (Wildman–Crippen LogP) is 2.93. The summed E-state index contributed by atoms with van der Waals surface area (Å²) in [5.41, 5.74) is -2.41. The Morgan fingerprint density at radius 1 is 1.15 bits per heavy atom. The maximum absolute atomic E-state index is 13.5. The topological polar surface area (TPSA) is 175 Å². The highest BCUT2D eigenvalue weighted by molar-refractivity contribution is 7.46. The molecule has 5 N–H and O–H groups in total. The van der Waals surface area contributed by atoms with Crippen LogP contribution in [0.15, 0.2) is 24.3 Å². The third kappa shape index (κ3) is 8.89. The highest BCUT2D eigenvalue weighted by atomic mass is 35.5. The first-order valence-electron chi connectivity index (χ1n) is 13.0. The zero-order valence-electron chi connectivity index (χ0n) is 23.9. The quantitative estimate of drug-likeness (QED) is 0.198. The lowest BCUT2D eigenvalue weighted by Gasteiger charge is -2.51. The van der Waals surface area contributed by atoms with Crippen molar-refractivity contribution < 1.29 is 43.1 Å². The van der Waals surface area contributed by atoms with Crippen molar-refractivity contribution >= 4 is 37.3 Å². The molecule has 0 aliphatic carbocycles. The fourth-order valence-electron chi connectivity index (χ4n) is 4.61. The molecule has 1 saturated heterocycles. The summed E-state index contributed by atoms with van der Waals surface area (Å²) in [6.45, 7) is 11.9. The molecule has 40 heavy (non-hydrogen) atoms. The molecule has 1 heterocycles. The smallest absolute Gasteiger partial charge is 0.456 e. The molecule has 1 aliphatic rings. The van der Waals surface area contributed by atoms with Gasteiger partial charge in [-0.2, -0.15) is 0 Å². The summed E-state index contributed by atoms with van der Waals surface area (Å²) < 4.78 is 20.5. The molecule has 1 aromatic carbocycles. The summed E-state index contributed by atoms with van der Waals surface area (Å²) in [5.74, 6) is -1.56. The number of likely N-dealkylation sites (tertiary alicyclic amines) is 1. The summed E-state index contributed by atoms with van der Waals surface area (Å²) in [7, 11) is -4.89. The van der Waals surface area contributed by atoms with Crippen LogP contribution in [0.1, 0.15) is 60.5 Å². The van der Waals surface area contributed by atoms with Crippen molar-refractivity contribution in [2.24, 2.45) is 11.3 Å². The Labute approximate surface area is 240 Å². The van der Waals surface area contributed by atoms with E-state index < -0.39 is 48.6 Å². The molecule has 14 heteroatoms. The minimum atomic E-state index is -4.89. The number of amides is 3. The molecule has 0 bridgehead atoms. The molecular weight excluding hydrogens is 565 g/mol. The highest BCUT2D eigenvalue weighted by Gasteiger charge is 2.50. The molecule has 2 unspecified atom stereocenters.